The maximum Gasteiger partial charge on any atom is 0.232 e. The third-order valence-corrected chi connectivity index (χ3v) is 3.84. The van der Waals surface area contributed by atoms with Gasteiger partial charge in [-0.1, -0.05) is 18.2 Å². The third-order valence-electron chi connectivity index (χ3n) is 3.84. The normalized spacial score (nSPS) is 22.5. The Morgan fingerprint density at radius 2 is 2.11 bits per heavy atom. The summed E-state index contributed by atoms with van der Waals surface area (Å²) in [6, 6.07) is 8.01. The van der Waals surface area contributed by atoms with Gasteiger partial charge in [0.1, 0.15) is 0 Å². The second kappa shape index (κ2) is 4.12. The Hall–Kier alpha value is -1.84. The quantitative estimate of drug-likeness (QED) is 0.741. The van der Waals surface area contributed by atoms with Crippen LogP contribution in [0.5, 0.6) is 0 Å². The molecular weight excluding hydrogens is 228 g/mol. The number of fused-ring (bicyclic) bond motifs is 1. The molecule has 0 aliphatic carbocycles. The van der Waals surface area contributed by atoms with Gasteiger partial charge in [-0.25, -0.2) is 0 Å². The number of hydrogen-bond donors (Lipinski definition) is 0. The third kappa shape index (κ3) is 1.68. The number of rotatable bonds is 1. The molecule has 0 saturated carbocycles. The minimum Gasteiger partial charge on any atom is -0.345 e. The summed E-state index contributed by atoms with van der Waals surface area (Å²) in [4.78, 5) is 27.4. The molecule has 1 aromatic carbocycles. The first kappa shape index (κ1) is 11.3. The fourth-order valence-electron chi connectivity index (χ4n) is 2.82. The summed E-state index contributed by atoms with van der Waals surface area (Å²) in [5.41, 5.74) is 2.24. The van der Waals surface area contributed by atoms with E-state index in [0.29, 0.717) is 13.0 Å². The molecule has 4 nitrogen and oxygen atoms in total. The zero-order valence-electron chi connectivity index (χ0n) is 10.4. The van der Waals surface area contributed by atoms with Crippen molar-refractivity contribution in [2.75, 3.05) is 25.0 Å². The van der Waals surface area contributed by atoms with Crippen molar-refractivity contribution < 1.29 is 9.59 Å². The van der Waals surface area contributed by atoms with Crippen molar-refractivity contribution in [3.05, 3.63) is 29.8 Å². The highest BCUT2D eigenvalue weighted by molar-refractivity contribution is 6.00. The second-order valence-corrected chi connectivity index (χ2v) is 5.04. The van der Waals surface area contributed by atoms with E-state index in [9.17, 15) is 9.59 Å². The Morgan fingerprint density at radius 1 is 1.33 bits per heavy atom. The SMILES string of the molecule is CN1CC(C(=O)N2CCc3ccccc32)CC1=O. The van der Waals surface area contributed by atoms with Gasteiger partial charge in [0.25, 0.3) is 0 Å². The summed E-state index contributed by atoms with van der Waals surface area (Å²) in [7, 11) is 1.76. The summed E-state index contributed by atoms with van der Waals surface area (Å²) in [5, 5.41) is 0. The van der Waals surface area contributed by atoms with Crippen molar-refractivity contribution in [3.8, 4) is 0 Å². The van der Waals surface area contributed by atoms with Gasteiger partial charge in [0.05, 0.1) is 5.92 Å². The zero-order valence-corrected chi connectivity index (χ0v) is 10.4. The maximum absolute atomic E-state index is 12.4. The van der Waals surface area contributed by atoms with Gasteiger partial charge in [-0.2, -0.15) is 0 Å². The molecule has 2 heterocycles. The predicted octanol–water partition coefficient (Wildman–Crippen LogP) is 1.05. The van der Waals surface area contributed by atoms with Crippen molar-refractivity contribution in [1.82, 2.24) is 4.90 Å². The van der Waals surface area contributed by atoms with Crippen LogP contribution >= 0.6 is 0 Å². The number of benzene rings is 1. The van der Waals surface area contributed by atoms with Gasteiger partial charge in [-0.15, -0.1) is 0 Å². The molecule has 1 atom stereocenters. The molecule has 0 bridgehead atoms. The molecule has 4 heteroatoms. The standard InChI is InChI=1S/C14H16N2O2/c1-15-9-11(8-13(15)17)14(18)16-7-6-10-4-2-3-5-12(10)16/h2-5,11H,6-9H2,1H3. The van der Waals surface area contributed by atoms with Gasteiger partial charge in [-0.05, 0) is 18.1 Å². The lowest BCUT2D eigenvalue weighted by Crippen LogP contribution is -2.35. The van der Waals surface area contributed by atoms with E-state index >= 15 is 0 Å². The fraction of sp³-hybridized carbons (Fsp3) is 0.429. The van der Waals surface area contributed by atoms with Crippen molar-refractivity contribution in [1.29, 1.82) is 0 Å². The van der Waals surface area contributed by atoms with Crippen LogP contribution in [-0.2, 0) is 16.0 Å². The van der Waals surface area contributed by atoms with E-state index in [2.05, 4.69) is 6.07 Å². The molecule has 2 aliphatic heterocycles. The van der Waals surface area contributed by atoms with Gasteiger partial charge in [0.2, 0.25) is 11.8 Å². The van der Waals surface area contributed by atoms with Crippen molar-refractivity contribution in [3.63, 3.8) is 0 Å². The van der Waals surface area contributed by atoms with Crippen molar-refractivity contribution >= 4 is 17.5 Å². The molecule has 0 N–H and O–H groups in total. The van der Waals surface area contributed by atoms with E-state index in [1.54, 1.807) is 11.9 Å². The number of nitrogens with zero attached hydrogens (tertiary/aromatic N) is 2. The number of carbonyl (C=O) groups is 2. The summed E-state index contributed by atoms with van der Waals surface area (Å²) in [5.74, 6) is -0.00728. The average molecular weight is 244 g/mol. The van der Waals surface area contributed by atoms with Crippen LogP contribution < -0.4 is 4.90 Å². The largest absolute Gasteiger partial charge is 0.345 e. The number of likely N-dealkylation sites (tertiary alicyclic amines) is 1. The van der Waals surface area contributed by atoms with Gasteiger partial charge in [-0.3, -0.25) is 9.59 Å². The topological polar surface area (TPSA) is 40.6 Å². The molecular formula is C14H16N2O2. The molecule has 1 aromatic rings. The Balaban J connectivity index is 1.81. The van der Waals surface area contributed by atoms with Crippen LogP contribution in [0.3, 0.4) is 0 Å². The van der Waals surface area contributed by atoms with Gasteiger partial charge >= 0.3 is 0 Å². The van der Waals surface area contributed by atoms with Crippen LogP contribution in [-0.4, -0.2) is 36.9 Å². The molecule has 94 valence electrons. The number of amides is 2. The summed E-state index contributed by atoms with van der Waals surface area (Å²) < 4.78 is 0. The van der Waals surface area contributed by atoms with E-state index in [-0.39, 0.29) is 17.7 Å². The lowest BCUT2D eigenvalue weighted by atomic mass is 10.1. The minimum atomic E-state index is -0.173. The molecule has 1 saturated heterocycles. The number of anilines is 1. The van der Waals surface area contributed by atoms with Crippen LogP contribution in [0.15, 0.2) is 24.3 Å². The Bertz CT molecular complexity index is 512. The van der Waals surface area contributed by atoms with E-state index in [0.717, 1.165) is 18.7 Å². The minimum absolute atomic E-state index is 0.0702. The van der Waals surface area contributed by atoms with E-state index in [1.165, 1.54) is 5.56 Å². The smallest absolute Gasteiger partial charge is 0.232 e. The predicted molar refractivity (Wildman–Crippen MR) is 68.2 cm³/mol. The number of carbonyl (C=O) groups excluding carboxylic acids is 2. The van der Waals surface area contributed by atoms with Crippen molar-refractivity contribution in [2.24, 2.45) is 5.92 Å². The number of hydrogen-bond acceptors (Lipinski definition) is 2. The van der Waals surface area contributed by atoms with Gasteiger partial charge < -0.3 is 9.80 Å². The van der Waals surface area contributed by atoms with Gasteiger partial charge in [0.15, 0.2) is 0 Å². The summed E-state index contributed by atoms with van der Waals surface area (Å²) in [6.45, 7) is 1.29. The maximum atomic E-state index is 12.4. The van der Waals surface area contributed by atoms with Crippen LogP contribution in [0, 0.1) is 5.92 Å². The highest BCUT2D eigenvalue weighted by Crippen LogP contribution is 2.30. The first-order valence-corrected chi connectivity index (χ1v) is 6.30. The molecule has 1 fully saturated rings. The first-order valence-electron chi connectivity index (χ1n) is 6.30. The average Bonchev–Trinajstić information content (AvgIpc) is 2.93. The summed E-state index contributed by atoms with van der Waals surface area (Å²) in [6.07, 6.45) is 1.27. The molecule has 0 aromatic heterocycles. The molecule has 2 aliphatic rings. The van der Waals surface area contributed by atoms with E-state index < -0.39 is 0 Å². The zero-order chi connectivity index (χ0) is 12.7. The molecule has 3 rings (SSSR count). The molecule has 0 spiro atoms. The molecule has 0 radical (unpaired) electrons. The van der Waals surface area contributed by atoms with Crippen molar-refractivity contribution in [2.45, 2.75) is 12.8 Å². The lowest BCUT2D eigenvalue weighted by molar-refractivity contribution is -0.127. The molecule has 18 heavy (non-hydrogen) atoms. The monoisotopic (exact) mass is 244 g/mol. The highest BCUT2D eigenvalue weighted by Gasteiger charge is 2.36. The number of para-hydroxylation sites is 1. The molecule has 1 unspecified atom stereocenters. The van der Waals surface area contributed by atoms with E-state index in [4.69, 9.17) is 0 Å². The summed E-state index contributed by atoms with van der Waals surface area (Å²) >= 11 is 0. The fourth-order valence-corrected chi connectivity index (χ4v) is 2.82. The second-order valence-electron chi connectivity index (χ2n) is 5.04. The highest BCUT2D eigenvalue weighted by atomic mass is 16.2. The van der Waals surface area contributed by atoms with Crippen LogP contribution in [0.4, 0.5) is 5.69 Å². The van der Waals surface area contributed by atoms with Gasteiger partial charge in [0, 0.05) is 32.2 Å². The van der Waals surface area contributed by atoms with Crippen LogP contribution in [0.1, 0.15) is 12.0 Å². The van der Waals surface area contributed by atoms with Crippen LogP contribution in [0.2, 0.25) is 0 Å². The molecule has 2 amide bonds. The lowest BCUT2D eigenvalue weighted by Gasteiger charge is -2.20. The Kier molecular flexibility index (Phi) is 2.58. The Labute approximate surface area is 106 Å². The van der Waals surface area contributed by atoms with Crippen LogP contribution in [0.25, 0.3) is 0 Å². The first-order chi connectivity index (χ1) is 8.66. The Morgan fingerprint density at radius 3 is 2.83 bits per heavy atom. The van der Waals surface area contributed by atoms with E-state index in [1.807, 2.05) is 23.1 Å².